The van der Waals surface area contributed by atoms with Gasteiger partial charge in [0.2, 0.25) is 0 Å². The van der Waals surface area contributed by atoms with Gasteiger partial charge in [0.05, 0.1) is 18.6 Å². The van der Waals surface area contributed by atoms with Gasteiger partial charge in [-0.1, -0.05) is 34.6 Å². The number of cyclic esters (lactones) is 1. The number of Topliss-reactive ketones (excluding diaryl/α,β-unsaturated/α-hetero) is 1. The van der Waals surface area contributed by atoms with E-state index in [2.05, 4.69) is 34.6 Å². The van der Waals surface area contributed by atoms with Gasteiger partial charge in [0.25, 0.3) is 0 Å². The van der Waals surface area contributed by atoms with E-state index in [1.54, 1.807) is 12.5 Å². The molecule has 3 saturated carbocycles. The van der Waals surface area contributed by atoms with E-state index >= 15 is 0 Å². The molecule has 1 N–H and O–H groups in total. The first kappa shape index (κ1) is 20.9. The van der Waals surface area contributed by atoms with Crippen molar-refractivity contribution < 1.29 is 28.6 Å². The molecule has 0 bridgehead atoms. The maximum Gasteiger partial charge on any atom is 0.339 e. The molecule has 9 atom stereocenters. The van der Waals surface area contributed by atoms with Crippen LogP contribution in [0.4, 0.5) is 0 Å². The topological polar surface area (TPSA) is 89.3 Å². The van der Waals surface area contributed by atoms with E-state index in [1.165, 1.54) is 0 Å². The van der Waals surface area contributed by atoms with E-state index in [4.69, 9.17) is 13.9 Å². The summed E-state index contributed by atoms with van der Waals surface area (Å²) in [4.78, 5) is 25.9. The molecule has 0 unspecified atom stereocenters. The zero-order valence-electron chi connectivity index (χ0n) is 19.6. The molecular weight excluding hydrogens is 408 g/mol. The molecule has 0 radical (unpaired) electrons. The Morgan fingerprint density at radius 3 is 2.47 bits per heavy atom. The number of esters is 1. The Morgan fingerprint density at radius 1 is 1.03 bits per heavy atom. The van der Waals surface area contributed by atoms with Crippen molar-refractivity contribution in [2.24, 2.45) is 33.5 Å². The number of epoxide rings is 1. The standard InChI is InChI=1S/C26H34O6/c1-22(2)16-12-18(28)25(5)15(23(16,3)9-7-17(22)27)6-10-24(4)19(14-8-11-30-13-14)31-21(29)20-26(24,25)32-20/h8,11,13,15-16,18-20,28H,6-7,9-10,12H2,1-5H3/t15-,16+,18-,19+,20-,23-,24+,25+,26-/m1/s1. The van der Waals surface area contributed by atoms with Gasteiger partial charge in [-0.2, -0.15) is 0 Å². The number of aliphatic hydroxyl groups is 1. The molecule has 2 saturated heterocycles. The average Bonchev–Trinajstić information content (AvgIpc) is 3.30. The summed E-state index contributed by atoms with van der Waals surface area (Å²) in [5.74, 6) is 0.234. The largest absolute Gasteiger partial charge is 0.472 e. The lowest BCUT2D eigenvalue weighted by molar-refractivity contribution is -0.259. The molecular formula is C26H34O6. The predicted molar refractivity (Wildman–Crippen MR) is 114 cm³/mol. The second kappa shape index (κ2) is 5.87. The number of hydrogen-bond acceptors (Lipinski definition) is 6. The van der Waals surface area contributed by atoms with Crippen LogP contribution in [0, 0.1) is 33.5 Å². The number of ketones is 1. The molecule has 6 heteroatoms. The number of rotatable bonds is 1. The summed E-state index contributed by atoms with van der Waals surface area (Å²) in [6.07, 6.45) is 5.20. The normalized spacial score (nSPS) is 53.4. The van der Waals surface area contributed by atoms with Gasteiger partial charge >= 0.3 is 5.97 Å². The molecule has 3 heterocycles. The van der Waals surface area contributed by atoms with E-state index in [-0.39, 0.29) is 23.2 Å². The summed E-state index contributed by atoms with van der Waals surface area (Å²) < 4.78 is 17.7. The van der Waals surface area contributed by atoms with Gasteiger partial charge in [-0.15, -0.1) is 0 Å². The van der Waals surface area contributed by atoms with Crippen LogP contribution in [0.15, 0.2) is 23.0 Å². The molecule has 0 amide bonds. The predicted octanol–water partition coefficient (Wildman–Crippen LogP) is 4.21. The molecule has 5 aliphatic rings. The van der Waals surface area contributed by atoms with Gasteiger partial charge in [-0.3, -0.25) is 4.79 Å². The van der Waals surface area contributed by atoms with Gasteiger partial charge in [-0.25, -0.2) is 4.79 Å². The monoisotopic (exact) mass is 442 g/mol. The molecule has 3 aliphatic carbocycles. The number of hydrogen-bond donors (Lipinski definition) is 1. The van der Waals surface area contributed by atoms with Crippen LogP contribution in [0.5, 0.6) is 0 Å². The third kappa shape index (κ3) is 2.02. The minimum Gasteiger partial charge on any atom is -0.472 e. The Labute approximate surface area is 189 Å². The molecule has 174 valence electrons. The first-order valence-corrected chi connectivity index (χ1v) is 12.1. The van der Waals surface area contributed by atoms with Crippen LogP contribution in [0.2, 0.25) is 0 Å². The number of aliphatic hydroxyl groups excluding tert-OH is 1. The van der Waals surface area contributed by atoms with Crippen molar-refractivity contribution in [1.29, 1.82) is 0 Å². The third-order valence-corrected chi connectivity index (χ3v) is 11.0. The fourth-order valence-corrected chi connectivity index (χ4v) is 9.35. The van der Waals surface area contributed by atoms with Crippen LogP contribution < -0.4 is 0 Å². The summed E-state index contributed by atoms with van der Waals surface area (Å²) in [6, 6.07) is 1.86. The SMILES string of the molecule is CC1(C)C(=O)CC[C@]2(C)[C@H]3CC[C@@]4(C)[C@H](c5ccoc5)OC(=O)[C@H]5O[C@]54[C@]3(C)[C@H](O)C[C@@H]12. The van der Waals surface area contributed by atoms with Gasteiger partial charge in [-0.05, 0) is 49.0 Å². The minimum atomic E-state index is -0.779. The van der Waals surface area contributed by atoms with E-state index in [0.29, 0.717) is 18.6 Å². The summed E-state index contributed by atoms with van der Waals surface area (Å²) in [5, 5.41) is 11.8. The van der Waals surface area contributed by atoms with E-state index < -0.39 is 40.2 Å². The number of furan rings is 1. The first-order valence-electron chi connectivity index (χ1n) is 12.1. The maximum atomic E-state index is 13.1. The van der Waals surface area contributed by atoms with Crippen molar-refractivity contribution in [3.63, 3.8) is 0 Å². The molecule has 1 aromatic rings. The Hall–Kier alpha value is -1.66. The van der Waals surface area contributed by atoms with Crippen molar-refractivity contribution in [2.75, 3.05) is 0 Å². The smallest absolute Gasteiger partial charge is 0.339 e. The molecule has 5 fully saturated rings. The number of fused-ring (bicyclic) bond motifs is 3. The highest BCUT2D eigenvalue weighted by Crippen LogP contribution is 2.79. The van der Waals surface area contributed by atoms with Crippen LogP contribution in [-0.4, -0.2) is 34.7 Å². The Kier molecular flexibility index (Phi) is 3.84. The summed E-state index contributed by atoms with van der Waals surface area (Å²) in [5.41, 5.74) is -1.56. The fraction of sp³-hybridized carbons (Fsp3) is 0.769. The van der Waals surface area contributed by atoms with Crippen molar-refractivity contribution in [3.05, 3.63) is 24.2 Å². The number of carbonyl (C=O) groups is 2. The fourth-order valence-electron chi connectivity index (χ4n) is 9.35. The number of ether oxygens (including phenoxy) is 2. The van der Waals surface area contributed by atoms with E-state index in [1.807, 2.05) is 6.07 Å². The molecule has 6 nitrogen and oxygen atoms in total. The van der Waals surface area contributed by atoms with Gasteiger partial charge in [0.15, 0.2) is 6.10 Å². The molecule has 2 aliphatic heterocycles. The average molecular weight is 443 g/mol. The lowest BCUT2D eigenvalue weighted by Crippen LogP contribution is -2.72. The van der Waals surface area contributed by atoms with E-state index in [0.717, 1.165) is 24.8 Å². The van der Waals surface area contributed by atoms with Gasteiger partial charge in [0.1, 0.15) is 17.5 Å². The third-order valence-electron chi connectivity index (χ3n) is 11.0. The highest BCUT2D eigenvalue weighted by molar-refractivity contribution is 5.86. The van der Waals surface area contributed by atoms with Crippen LogP contribution in [0.1, 0.15) is 78.4 Å². The lowest BCUT2D eigenvalue weighted by atomic mass is 9.35. The summed E-state index contributed by atoms with van der Waals surface area (Å²) >= 11 is 0. The summed E-state index contributed by atoms with van der Waals surface area (Å²) in [6.45, 7) is 10.7. The summed E-state index contributed by atoms with van der Waals surface area (Å²) in [7, 11) is 0. The Morgan fingerprint density at radius 2 is 1.78 bits per heavy atom. The Balaban J connectivity index is 1.50. The molecule has 0 aromatic carbocycles. The number of carbonyl (C=O) groups excluding carboxylic acids is 2. The van der Waals surface area contributed by atoms with Crippen molar-refractivity contribution in [2.45, 2.75) is 90.6 Å². The van der Waals surface area contributed by atoms with Gasteiger partial charge in [0, 0.05) is 28.2 Å². The Bertz CT molecular complexity index is 998. The van der Waals surface area contributed by atoms with Crippen LogP contribution >= 0.6 is 0 Å². The molecule has 1 aromatic heterocycles. The van der Waals surface area contributed by atoms with Gasteiger partial charge < -0.3 is 19.0 Å². The second-order valence-corrected chi connectivity index (χ2v) is 12.4. The quantitative estimate of drug-likeness (QED) is 0.518. The second-order valence-electron chi connectivity index (χ2n) is 12.4. The van der Waals surface area contributed by atoms with Crippen LogP contribution in [0.3, 0.4) is 0 Å². The highest BCUT2D eigenvalue weighted by Gasteiger charge is 2.88. The zero-order valence-corrected chi connectivity index (χ0v) is 19.6. The van der Waals surface area contributed by atoms with Crippen LogP contribution in [-0.2, 0) is 19.1 Å². The van der Waals surface area contributed by atoms with E-state index in [9.17, 15) is 14.7 Å². The highest BCUT2D eigenvalue weighted by atomic mass is 16.7. The van der Waals surface area contributed by atoms with Crippen molar-refractivity contribution >= 4 is 11.8 Å². The maximum absolute atomic E-state index is 13.1. The molecule has 6 rings (SSSR count). The zero-order chi connectivity index (χ0) is 22.9. The van der Waals surface area contributed by atoms with Crippen molar-refractivity contribution in [1.82, 2.24) is 0 Å². The molecule has 32 heavy (non-hydrogen) atoms. The lowest BCUT2D eigenvalue weighted by Gasteiger charge is -2.69. The molecule has 1 spiro atoms. The minimum absolute atomic E-state index is 0.0928. The first-order chi connectivity index (χ1) is 14.9. The van der Waals surface area contributed by atoms with Crippen LogP contribution in [0.25, 0.3) is 0 Å². The van der Waals surface area contributed by atoms with Crippen molar-refractivity contribution in [3.8, 4) is 0 Å².